The zero-order chi connectivity index (χ0) is 17.7. The van der Waals surface area contributed by atoms with Gasteiger partial charge in [0.2, 0.25) is 11.8 Å². The van der Waals surface area contributed by atoms with E-state index >= 15 is 0 Å². The van der Waals surface area contributed by atoms with Crippen LogP contribution in [0.15, 0.2) is 16.8 Å². The SMILES string of the molecule is C[C@@H]1CN(C(=O)C2(C#N)CCCC2)C[C@]12CCN(c1ccsc1)C2=O. The molecule has 1 aromatic heterocycles. The lowest BCUT2D eigenvalue weighted by molar-refractivity contribution is -0.138. The molecule has 3 heterocycles. The summed E-state index contributed by atoms with van der Waals surface area (Å²) in [6, 6.07) is 4.28. The first-order valence-electron chi connectivity index (χ1n) is 9.07. The van der Waals surface area contributed by atoms with E-state index < -0.39 is 10.8 Å². The third-order valence-corrected chi connectivity index (χ3v) is 7.22. The van der Waals surface area contributed by atoms with E-state index in [0.29, 0.717) is 32.5 Å². The lowest BCUT2D eigenvalue weighted by atomic mass is 9.77. The smallest absolute Gasteiger partial charge is 0.243 e. The van der Waals surface area contributed by atoms with E-state index in [1.807, 2.05) is 26.6 Å². The number of rotatable bonds is 2. The summed E-state index contributed by atoms with van der Waals surface area (Å²) in [5.74, 6) is 0.230. The molecule has 132 valence electrons. The Labute approximate surface area is 152 Å². The van der Waals surface area contributed by atoms with Crippen LogP contribution >= 0.6 is 11.3 Å². The van der Waals surface area contributed by atoms with Gasteiger partial charge in [-0.3, -0.25) is 9.59 Å². The fourth-order valence-corrected chi connectivity index (χ4v) is 5.57. The molecule has 3 fully saturated rings. The topological polar surface area (TPSA) is 64.4 Å². The number of thiophene rings is 1. The zero-order valence-electron chi connectivity index (χ0n) is 14.5. The van der Waals surface area contributed by atoms with Gasteiger partial charge in [0, 0.05) is 25.0 Å². The fourth-order valence-electron chi connectivity index (χ4n) is 4.93. The van der Waals surface area contributed by atoms with Crippen molar-refractivity contribution in [3.8, 4) is 6.07 Å². The number of carbonyl (C=O) groups excluding carboxylic acids is 2. The van der Waals surface area contributed by atoms with Crippen LogP contribution < -0.4 is 4.90 Å². The third kappa shape index (κ3) is 2.32. The van der Waals surface area contributed by atoms with Gasteiger partial charge >= 0.3 is 0 Å². The van der Waals surface area contributed by atoms with Crippen LogP contribution in [0, 0.1) is 28.1 Å². The number of amides is 2. The molecule has 25 heavy (non-hydrogen) atoms. The van der Waals surface area contributed by atoms with Gasteiger partial charge in [-0.1, -0.05) is 19.8 Å². The summed E-state index contributed by atoms with van der Waals surface area (Å²) in [5.41, 5.74) is -0.361. The molecule has 1 aliphatic carbocycles. The highest BCUT2D eigenvalue weighted by Gasteiger charge is 2.58. The van der Waals surface area contributed by atoms with Crippen molar-refractivity contribution < 1.29 is 9.59 Å². The molecule has 4 rings (SSSR count). The Hall–Kier alpha value is -1.87. The molecule has 1 spiro atoms. The van der Waals surface area contributed by atoms with Crippen LogP contribution in [0.4, 0.5) is 5.69 Å². The fraction of sp³-hybridized carbons (Fsp3) is 0.632. The summed E-state index contributed by atoms with van der Waals surface area (Å²) in [4.78, 5) is 30.0. The highest BCUT2D eigenvalue weighted by atomic mass is 32.1. The summed E-state index contributed by atoms with van der Waals surface area (Å²) in [7, 11) is 0. The molecular weight excluding hydrogens is 334 g/mol. The minimum absolute atomic E-state index is 0.0435. The zero-order valence-corrected chi connectivity index (χ0v) is 15.3. The van der Waals surface area contributed by atoms with Crippen molar-refractivity contribution in [3.05, 3.63) is 16.8 Å². The molecule has 3 aliphatic rings. The van der Waals surface area contributed by atoms with Gasteiger partial charge < -0.3 is 9.80 Å². The van der Waals surface area contributed by atoms with Gasteiger partial charge in [0.1, 0.15) is 5.41 Å². The summed E-state index contributed by atoms with van der Waals surface area (Å²) in [5, 5.41) is 13.6. The van der Waals surface area contributed by atoms with Gasteiger partial charge in [-0.05, 0) is 36.6 Å². The molecule has 0 aromatic carbocycles. The van der Waals surface area contributed by atoms with E-state index in [0.717, 1.165) is 24.9 Å². The third-order valence-electron chi connectivity index (χ3n) is 6.55. The first-order chi connectivity index (χ1) is 12.0. The number of hydrogen-bond donors (Lipinski definition) is 0. The second kappa shape index (κ2) is 5.84. The molecule has 2 atom stereocenters. The maximum Gasteiger partial charge on any atom is 0.243 e. The van der Waals surface area contributed by atoms with Gasteiger partial charge in [0.25, 0.3) is 0 Å². The average Bonchev–Trinajstić information content (AvgIpc) is 3.38. The van der Waals surface area contributed by atoms with Gasteiger partial charge in [-0.15, -0.1) is 0 Å². The minimum Gasteiger partial charge on any atom is -0.340 e. The van der Waals surface area contributed by atoms with Crippen molar-refractivity contribution >= 4 is 28.8 Å². The van der Waals surface area contributed by atoms with Crippen molar-refractivity contribution in [2.45, 2.75) is 39.0 Å². The molecule has 0 radical (unpaired) electrons. The molecule has 0 unspecified atom stereocenters. The summed E-state index contributed by atoms with van der Waals surface area (Å²) < 4.78 is 0. The van der Waals surface area contributed by atoms with Crippen LogP contribution in [0.3, 0.4) is 0 Å². The molecule has 2 aliphatic heterocycles. The van der Waals surface area contributed by atoms with E-state index in [9.17, 15) is 14.9 Å². The van der Waals surface area contributed by atoms with Crippen LogP contribution in [0.1, 0.15) is 39.0 Å². The van der Waals surface area contributed by atoms with Gasteiger partial charge in [-0.25, -0.2) is 0 Å². The molecule has 6 heteroatoms. The Bertz CT molecular complexity index is 732. The molecule has 0 bridgehead atoms. The molecule has 0 N–H and O–H groups in total. The highest BCUT2D eigenvalue weighted by molar-refractivity contribution is 7.08. The Morgan fingerprint density at radius 3 is 2.76 bits per heavy atom. The van der Waals surface area contributed by atoms with Gasteiger partial charge in [0.15, 0.2) is 0 Å². The Morgan fingerprint density at radius 1 is 1.36 bits per heavy atom. The number of nitriles is 1. The number of hydrogen-bond acceptors (Lipinski definition) is 4. The quantitative estimate of drug-likeness (QED) is 0.817. The number of likely N-dealkylation sites (tertiary alicyclic amines) is 1. The Morgan fingerprint density at radius 2 is 2.12 bits per heavy atom. The second-order valence-electron chi connectivity index (χ2n) is 7.83. The number of anilines is 1. The largest absolute Gasteiger partial charge is 0.340 e. The van der Waals surface area contributed by atoms with Crippen molar-refractivity contribution in [1.82, 2.24) is 4.90 Å². The summed E-state index contributed by atoms with van der Waals surface area (Å²) in [6.45, 7) is 3.85. The maximum atomic E-state index is 13.2. The predicted octanol–water partition coefficient (Wildman–Crippen LogP) is 3.03. The van der Waals surface area contributed by atoms with Crippen LogP contribution in [0.25, 0.3) is 0 Å². The van der Waals surface area contributed by atoms with Crippen molar-refractivity contribution in [2.24, 2.45) is 16.7 Å². The Balaban J connectivity index is 1.57. The Kier molecular flexibility index (Phi) is 3.88. The lowest BCUT2D eigenvalue weighted by Crippen LogP contribution is -2.43. The first kappa shape index (κ1) is 16.6. The van der Waals surface area contributed by atoms with E-state index in [-0.39, 0.29) is 17.7 Å². The number of nitrogens with zero attached hydrogens (tertiary/aromatic N) is 3. The predicted molar refractivity (Wildman–Crippen MR) is 96.0 cm³/mol. The van der Waals surface area contributed by atoms with E-state index in [2.05, 4.69) is 13.0 Å². The summed E-state index contributed by atoms with van der Waals surface area (Å²) in [6.07, 6.45) is 3.99. The molecule has 2 saturated heterocycles. The van der Waals surface area contributed by atoms with Crippen LogP contribution in [0.5, 0.6) is 0 Å². The minimum atomic E-state index is -0.847. The van der Waals surface area contributed by atoms with Gasteiger partial charge in [0.05, 0.1) is 17.2 Å². The maximum absolute atomic E-state index is 13.2. The average molecular weight is 357 g/mol. The van der Waals surface area contributed by atoms with Crippen LogP contribution in [-0.2, 0) is 9.59 Å². The monoisotopic (exact) mass is 357 g/mol. The van der Waals surface area contributed by atoms with Crippen molar-refractivity contribution in [3.63, 3.8) is 0 Å². The van der Waals surface area contributed by atoms with Crippen LogP contribution in [0.2, 0.25) is 0 Å². The molecule has 5 nitrogen and oxygen atoms in total. The molecule has 1 saturated carbocycles. The molecule has 2 amide bonds. The van der Waals surface area contributed by atoms with Crippen molar-refractivity contribution in [1.29, 1.82) is 5.26 Å². The van der Waals surface area contributed by atoms with E-state index in [1.165, 1.54) is 0 Å². The number of carbonyl (C=O) groups is 2. The standard InChI is InChI=1S/C19H23N3O2S/c1-14-10-21(16(23)18(12-20)5-2-3-6-18)13-19(14)7-8-22(17(19)24)15-4-9-25-11-15/h4,9,11,14H,2-3,5-8,10,13H2,1H3/t14-,19-/m1/s1. The first-order valence-corrected chi connectivity index (χ1v) is 10.0. The normalized spacial score (nSPS) is 31.0. The molecular formula is C19H23N3O2S. The second-order valence-corrected chi connectivity index (χ2v) is 8.61. The summed E-state index contributed by atoms with van der Waals surface area (Å²) >= 11 is 1.59. The van der Waals surface area contributed by atoms with Crippen LogP contribution in [-0.4, -0.2) is 36.3 Å². The van der Waals surface area contributed by atoms with E-state index in [4.69, 9.17) is 0 Å². The highest BCUT2D eigenvalue weighted by Crippen LogP contribution is 2.48. The molecule has 1 aromatic rings. The van der Waals surface area contributed by atoms with E-state index in [1.54, 1.807) is 11.3 Å². The van der Waals surface area contributed by atoms with Gasteiger partial charge in [-0.2, -0.15) is 16.6 Å². The van der Waals surface area contributed by atoms with Crippen molar-refractivity contribution in [2.75, 3.05) is 24.5 Å². The lowest BCUT2D eigenvalue weighted by Gasteiger charge is -2.28.